The third kappa shape index (κ3) is 3210. The quantitative estimate of drug-likeness (QED) is 0.184. The number of rotatable bonds is 0. The van der Waals surface area contributed by atoms with Gasteiger partial charge in [-0.1, -0.05) is 0 Å². The van der Waals surface area contributed by atoms with Gasteiger partial charge in [0.2, 0.25) is 0 Å². The number of aliphatic carboxylic acids is 1. The fourth-order valence-electron chi connectivity index (χ4n) is 0. The van der Waals surface area contributed by atoms with Crippen LogP contribution >= 0.6 is 0 Å². The largest absolute Gasteiger partial charge is 1.00 e. The second kappa shape index (κ2) is 19.3. The zero-order chi connectivity index (χ0) is 10.8. The van der Waals surface area contributed by atoms with Crippen LogP contribution in [0.25, 0.3) is 0 Å². The Morgan fingerprint density at radius 3 is 1.29 bits per heavy atom. The summed E-state index contributed by atoms with van der Waals surface area (Å²) < 4.78 is 31.6. The molecule has 0 amide bonds. The van der Waals surface area contributed by atoms with E-state index in [9.17, 15) is 0 Å². The summed E-state index contributed by atoms with van der Waals surface area (Å²) in [5.41, 5.74) is 0. The van der Waals surface area contributed by atoms with Gasteiger partial charge in [0.1, 0.15) is 0 Å². The van der Waals surface area contributed by atoms with Crippen LogP contribution in [0, 0.1) is 10.1 Å². The minimum Gasteiger partial charge on any atom is -0.550 e. The summed E-state index contributed by atoms with van der Waals surface area (Å²) in [4.78, 5) is 16.9. The van der Waals surface area contributed by atoms with Crippen LogP contribution in [0.2, 0.25) is 0 Å². The first-order chi connectivity index (χ1) is 5.15. The van der Waals surface area contributed by atoms with Crippen LogP contribution in [0.15, 0.2) is 5.34 Å². The fourth-order valence-corrected chi connectivity index (χ4v) is 0. The molecule has 0 saturated carbocycles. The molecule has 0 atom stereocenters. The molecule has 0 rings (SSSR count). The van der Waals surface area contributed by atoms with Crippen molar-refractivity contribution >= 4 is 16.4 Å². The van der Waals surface area contributed by atoms with Crippen LogP contribution in [0.5, 0.6) is 0 Å². The molecule has 0 aliphatic carbocycles. The third-order valence-corrected chi connectivity index (χ3v) is 0. The standard InChI is InChI=1S/C2H4O2.HNO2.2Na.H2O4S/c1-2(3)4;2-1-3;;;1-5(2,3)4/h1H3,(H,3,4);(H,2,3);;;(H2,1,2,3,4)/q;;2*+1;/p-2. The van der Waals surface area contributed by atoms with Crippen molar-refractivity contribution < 1.29 is 86.5 Å². The van der Waals surface area contributed by atoms with Gasteiger partial charge in [-0.05, 0) is 6.92 Å². The van der Waals surface area contributed by atoms with Gasteiger partial charge in [0.05, 0.1) is 0 Å². The smallest absolute Gasteiger partial charge is 0.550 e. The number of carboxylic acids is 1. The molecule has 0 aromatic carbocycles. The molecular weight excluding hydrogens is 244 g/mol. The maximum atomic E-state index is 8.89. The molecule has 9 nitrogen and oxygen atoms in total. The summed E-state index contributed by atoms with van der Waals surface area (Å²) in [6.07, 6.45) is 0. The SMILES string of the molecule is CC(=O)[O-].O=N[O-].O=S(=O)(O)O.[Na+].[Na+]. The van der Waals surface area contributed by atoms with Gasteiger partial charge in [-0.3, -0.25) is 9.11 Å². The zero-order valence-corrected chi connectivity index (χ0v) is 12.5. The Bertz CT molecular complexity index is 201. The molecule has 0 aromatic rings. The predicted molar refractivity (Wildman–Crippen MR) is 34.0 cm³/mol. The van der Waals surface area contributed by atoms with E-state index in [4.69, 9.17) is 37.5 Å². The predicted octanol–water partition coefficient (Wildman–Crippen LogP) is -7.64. The molecule has 0 fully saturated rings. The van der Waals surface area contributed by atoms with E-state index in [-0.39, 0.29) is 59.1 Å². The van der Waals surface area contributed by atoms with Gasteiger partial charge in [-0.15, -0.1) is 5.34 Å². The number of hydrogen-bond donors (Lipinski definition) is 2. The Morgan fingerprint density at radius 2 is 1.29 bits per heavy atom. The molecule has 0 radical (unpaired) electrons. The van der Waals surface area contributed by atoms with E-state index < -0.39 is 16.4 Å². The molecule has 14 heavy (non-hydrogen) atoms. The summed E-state index contributed by atoms with van der Waals surface area (Å²) in [6.45, 7) is 0.972. The summed E-state index contributed by atoms with van der Waals surface area (Å²) in [5.74, 6) is -1.08. The van der Waals surface area contributed by atoms with Crippen LogP contribution in [0.1, 0.15) is 6.92 Å². The van der Waals surface area contributed by atoms with E-state index >= 15 is 0 Å². The molecular formula is C2H5NNa2O8S. The van der Waals surface area contributed by atoms with E-state index in [1.54, 1.807) is 0 Å². The van der Waals surface area contributed by atoms with Crippen LogP contribution in [0.4, 0.5) is 0 Å². The minimum atomic E-state index is -4.67. The molecule has 74 valence electrons. The fraction of sp³-hybridized carbons (Fsp3) is 0.500. The minimum absolute atomic E-state index is 0. The summed E-state index contributed by atoms with van der Waals surface area (Å²) in [6, 6.07) is 0. The van der Waals surface area contributed by atoms with E-state index in [2.05, 4.69) is 0 Å². The van der Waals surface area contributed by atoms with Crippen molar-refractivity contribution in [1.82, 2.24) is 0 Å². The van der Waals surface area contributed by atoms with Crippen LogP contribution < -0.4 is 64.2 Å². The monoisotopic (exact) mass is 249 g/mol. The van der Waals surface area contributed by atoms with Crippen LogP contribution in [0.3, 0.4) is 0 Å². The molecule has 0 aromatic heterocycles. The topological polar surface area (TPSA) is 167 Å². The van der Waals surface area contributed by atoms with Crippen molar-refractivity contribution in [2.75, 3.05) is 0 Å². The molecule has 0 aliphatic rings. The van der Waals surface area contributed by atoms with Crippen LogP contribution in [-0.4, -0.2) is 23.5 Å². The van der Waals surface area contributed by atoms with E-state index in [1.165, 1.54) is 0 Å². The van der Waals surface area contributed by atoms with Crippen LogP contribution in [-0.2, 0) is 15.2 Å². The van der Waals surface area contributed by atoms with E-state index in [0.29, 0.717) is 0 Å². The first-order valence-electron chi connectivity index (χ1n) is 1.97. The molecule has 0 aliphatic heterocycles. The third-order valence-electron chi connectivity index (χ3n) is 0. The normalized spacial score (nSPS) is 6.79. The number of carbonyl (C=O) groups is 1. The molecule has 0 bridgehead atoms. The van der Waals surface area contributed by atoms with Gasteiger partial charge in [0, 0.05) is 5.97 Å². The van der Waals surface area contributed by atoms with Crippen molar-refractivity contribution in [2.24, 2.45) is 5.34 Å². The summed E-state index contributed by atoms with van der Waals surface area (Å²) in [7, 11) is -4.67. The molecule has 0 unspecified atom stereocenters. The van der Waals surface area contributed by atoms with Gasteiger partial charge in [0.25, 0.3) is 0 Å². The number of hydrogen-bond acceptors (Lipinski definition) is 7. The van der Waals surface area contributed by atoms with E-state index in [1.807, 2.05) is 0 Å². The average Bonchev–Trinajstić information content (AvgIpc) is 1.56. The molecule has 0 spiro atoms. The Balaban J connectivity index is -0.0000000278. The van der Waals surface area contributed by atoms with Crippen molar-refractivity contribution in [3.63, 3.8) is 0 Å². The number of carbonyl (C=O) groups excluding carboxylic acids is 1. The van der Waals surface area contributed by atoms with Crippen molar-refractivity contribution in [1.29, 1.82) is 0 Å². The average molecular weight is 249 g/mol. The van der Waals surface area contributed by atoms with Gasteiger partial charge in [0.15, 0.2) is 0 Å². The maximum Gasteiger partial charge on any atom is 1.00 e. The van der Waals surface area contributed by atoms with Gasteiger partial charge in [-0.25, -0.2) is 0 Å². The first-order valence-corrected chi connectivity index (χ1v) is 3.37. The van der Waals surface area contributed by atoms with Crippen molar-refractivity contribution in [3.8, 4) is 0 Å². The van der Waals surface area contributed by atoms with Gasteiger partial charge < -0.3 is 20.0 Å². The van der Waals surface area contributed by atoms with Gasteiger partial charge in [-0.2, -0.15) is 8.42 Å². The second-order valence-corrected chi connectivity index (χ2v) is 1.91. The Hall–Kier alpha value is 0.740. The summed E-state index contributed by atoms with van der Waals surface area (Å²) in [5, 5.41) is 17.9. The Morgan fingerprint density at radius 1 is 1.29 bits per heavy atom. The first kappa shape index (κ1) is 29.3. The molecule has 0 saturated heterocycles. The van der Waals surface area contributed by atoms with Gasteiger partial charge >= 0.3 is 69.5 Å². The zero-order valence-electron chi connectivity index (χ0n) is 7.70. The molecule has 12 heteroatoms. The number of nitrogens with zero attached hydrogens (tertiary/aromatic N) is 1. The Labute approximate surface area is 124 Å². The molecule has 0 heterocycles. The van der Waals surface area contributed by atoms with E-state index in [0.717, 1.165) is 12.3 Å². The second-order valence-electron chi connectivity index (χ2n) is 1.01. The summed E-state index contributed by atoms with van der Waals surface area (Å²) >= 11 is 0. The van der Waals surface area contributed by atoms with Crippen molar-refractivity contribution in [2.45, 2.75) is 6.92 Å². The molecule has 2 N–H and O–H groups in total. The number of carboxylic acid groups (broad SMARTS) is 1. The van der Waals surface area contributed by atoms with Crippen molar-refractivity contribution in [3.05, 3.63) is 10.1 Å². The Kier molecular flexibility index (Phi) is 40.5. The maximum absolute atomic E-state index is 8.89.